The molecule has 0 aromatic heterocycles. The average molecular weight is 358 g/mol. The third-order valence-corrected chi connectivity index (χ3v) is 5.62. The second-order valence-corrected chi connectivity index (χ2v) is 8.57. The van der Waals surface area contributed by atoms with Gasteiger partial charge in [0.05, 0.1) is 11.9 Å². The number of hydrogen-bond acceptors (Lipinski definition) is 3. The van der Waals surface area contributed by atoms with Crippen molar-refractivity contribution in [1.29, 1.82) is 0 Å². The standard InChI is InChI=1S/C19H22N2O3S/c1-13(2)14-6-8-17(9-7-14)20-19(22)16-5-4-15-10-11-21(18(15)12-16)25(3,23)24/h4-9,12-13H,10-11H2,1-3H3,(H,20,22). The number of benzene rings is 2. The summed E-state index contributed by atoms with van der Waals surface area (Å²) in [6, 6.07) is 13.0. The minimum Gasteiger partial charge on any atom is -0.322 e. The van der Waals surface area contributed by atoms with Crippen LogP contribution in [0.25, 0.3) is 0 Å². The van der Waals surface area contributed by atoms with E-state index in [2.05, 4.69) is 19.2 Å². The van der Waals surface area contributed by atoms with Crippen molar-refractivity contribution in [2.24, 2.45) is 0 Å². The monoisotopic (exact) mass is 358 g/mol. The van der Waals surface area contributed by atoms with Crippen LogP contribution in [-0.4, -0.2) is 27.1 Å². The Balaban J connectivity index is 1.82. The first-order chi connectivity index (χ1) is 11.8. The number of hydrogen-bond donors (Lipinski definition) is 1. The lowest BCUT2D eigenvalue weighted by molar-refractivity contribution is 0.102. The maximum atomic E-state index is 12.5. The normalized spacial score (nSPS) is 13.8. The van der Waals surface area contributed by atoms with Crippen molar-refractivity contribution < 1.29 is 13.2 Å². The highest BCUT2D eigenvalue weighted by Crippen LogP contribution is 2.31. The summed E-state index contributed by atoms with van der Waals surface area (Å²) in [6.45, 7) is 4.66. The van der Waals surface area contributed by atoms with Gasteiger partial charge in [0, 0.05) is 17.8 Å². The van der Waals surface area contributed by atoms with Crippen molar-refractivity contribution in [2.45, 2.75) is 26.2 Å². The predicted molar refractivity (Wildman–Crippen MR) is 101 cm³/mol. The van der Waals surface area contributed by atoms with Gasteiger partial charge in [-0.05, 0) is 47.7 Å². The smallest absolute Gasteiger partial charge is 0.255 e. The third-order valence-electron chi connectivity index (χ3n) is 4.44. The fraction of sp³-hybridized carbons (Fsp3) is 0.316. The van der Waals surface area contributed by atoms with Crippen molar-refractivity contribution in [1.82, 2.24) is 0 Å². The van der Waals surface area contributed by atoms with Gasteiger partial charge < -0.3 is 5.32 Å². The Morgan fingerprint density at radius 3 is 2.40 bits per heavy atom. The van der Waals surface area contributed by atoms with E-state index < -0.39 is 10.0 Å². The highest BCUT2D eigenvalue weighted by atomic mass is 32.2. The molecule has 0 saturated carbocycles. The average Bonchev–Trinajstić information content (AvgIpc) is 2.98. The molecule has 132 valence electrons. The van der Waals surface area contributed by atoms with E-state index >= 15 is 0 Å². The van der Waals surface area contributed by atoms with Crippen LogP contribution in [0.4, 0.5) is 11.4 Å². The summed E-state index contributed by atoms with van der Waals surface area (Å²) in [4.78, 5) is 12.5. The van der Waals surface area contributed by atoms with Gasteiger partial charge in [0.25, 0.3) is 5.91 Å². The Kier molecular flexibility index (Phi) is 4.56. The number of nitrogens with one attached hydrogen (secondary N) is 1. The molecule has 0 atom stereocenters. The number of fused-ring (bicyclic) bond motifs is 1. The maximum Gasteiger partial charge on any atom is 0.255 e. The van der Waals surface area contributed by atoms with Crippen LogP contribution in [-0.2, 0) is 16.4 Å². The molecule has 1 aliphatic heterocycles. The minimum absolute atomic E-state index is 0.250. The van der Waals surface area contributed by atoms with Crippen LogP contribution in [0.5, 0.6) is 0 Å². The molecule has 0 radical (unpaired) electrons. The van der Waals surface area contributed by atoms with Gasteiger partial charge >= 0.3 is 0 Å². The molecule has 0 saturated heterocycles. The molecule has 2 aromatic rings. The molecular weight excluding hydrogens is 336 g/mol. The zero-order valence-electron chi connectivity index (χ0n) is 14.6. The van der Waals surface area contributed by atoms with Crippen LogP contribution in [0.15, 0.2) is 42.5 Å². The van der Waals surface area contributed by atoms with Gasteiger partial charge in [0.2, 0.25) is 10.0 Å². The predicted octanol–water partition coefficient (Wildman–Crippen LogP) is 3.38. The molecule has 5 nitrogen and oxygen atoms in total. The molecule has 2 aromatic carbocycles. The van der Waals surface area contributed by atoms with E-state index in [-0.39, 0.29) is 5.91 Å². The van der Waals surface area contributed by atoms with Gasteiger partial charge in [0.15, 0.2) is 0 Å². The Morgan fingerprint density at radius 1 is 1.12 bits per heavy atom. The van der Waals surface area contributed by atoms with Gasteiger partial charge in [0.1, 0.15) is 0 Å². The van der Waals surface area contributed by atoms with Crippen LogP contribution in [0, 0.1) is 0 Å². The lowest BCUT2D eigenvalue weighted by Gasteiger charge is -2.17. The second kappa shape index (κ2) is 6.52. The summed E-state index contributed by atoms with van der Waals surface area (Å²) in [5, 5.41) is 2.86. The minimum atomic E-state index is -3.33. The van der Waals surface area contributed by atoms with Crippen molar-refractivity contribution in [3.63, 3.8) is 0 Å². The number of sulfonamides is 1. The molecule has 6 heteroatoms. The zero-order valence-corrected chi connectivity index (χ0v) is 15.4. The molecule has 0 spiro atoms. The van der Waals surface area contributed by atoms with E-state index in [4.69, 9.17) is 0 Å². The van der Waals surface area contributed by atoms with Gasteiger partial charge in [-0.15, -0.1) is 0 Å². The number of rotatable bonds is 4. The van der Waals surface area contributed by atoms with Gasteiger partial charge in [-0.1, -0.05) is 32.0 Å². The van der Waals surface area contributed by atoms with E-state index in [1.807, 2.05) is 30.3 Å². The number of carbonyl (C=O) groups is 1. The summed E-state index contributed by atoms with van der Waals surface area (Å²) >= 11 is 0. The highest BCUT2D eigenvalue weighted by Gasteiger charge is 2.27. The molecule has 25 heavy (non-hydrogen) atoms. The van der Waals surface area contributed by atoms with E-state index in [0.29, 0.717) is 30.1 Å². The van der Waals surface area contributed by atoms with Gasteiger partial charge in [-0.25, -0.2) is 8.42 Å². The number of anilines is 2. The number of nitrogens with zero attached hydrogens (tertiary/aromatic N) is 1. The first-order valence-corrected chi connectivity index (χ1v) is 10.1. The molecule has 1 aliphatic rings. The Bertz CT molecular complexity index is 903. The molecule has 1 N–H and O–H groups in total. The summed E-state index contributed by atoms with van der Waals surface area (Å²) in [5.41, 5.74) is 3.92. The molecule has 1 amide bonds. The van der Waals surface area contributed by atoms with Gasteiger partial charge in [-0.3, -0.25) is 9.10 Å². The van der Waals surface area contributed by atoms with Crippen LogP contribution in [0.1, 0.15) is 41.3 Å². The quantitative estimate of drug-likeness (QED) is 0.911. The Hall–Kier alpha value is -2.34. The largest absolute Gasteiger partial charge is 0.322 e. The first-order valence-electron chi connectivity index (χ1n) is 8.27. The van der Waals surface area contributed by atoms with E-state index in [1.54, 1.807) is 12.1 Å². The topological polar surface area (TPSA) is 66.5 Å². The molecule has 3 rings (SSSR count). The fourth-order valence-corrected chi connectivity index (χ4v) is 3.94. The van der Waals surface area contributed by atoms with E-state index in [1.165, 1.54) is 16.1 Å². The van der Waals surface area contributed by atoms with Crippen molar-refractivity contribution in [3.05, 3.63) is 59.2 Å². The molecule has 0 fully saturated rings. The van der Waals surface area contributed by atoms with Crippen LogP contribution < -0.4 is 9.62 Å². The van der Waals surface area contributed by atoms with Crippen molar-refractivity contribution >= 4 is 27.3 Å². The lowest BCUT2D eigenvalue weighted by Crippen LogP contribution is -2.27. The maximum absolute atomic E-state index is 12.5. The van der Waals surface area contributed by atoms with Crippen LogP contribution in [0.3, 0.4) is 0 Å². The van der Waals surface area contributed by atoms with Crippen LogP contribution >= 0.6 is 0 Å². The summed E-state index contributed by atoms with van der Waals surface area (Å²) in [7, 11) is -3.33. The highest BCUT2D eigenvalue weighted by molar-refractivity contribution is 7.92. The van der Waals surface area contributed by atoms with E-state index in [9.17, 15) is 13.2 Å². The van der Waals surface area contributed by atoms with Crippen LogP contribution in [0.2, 0.25) is 0 Å². The van der Waals surface area contributed by atoms with Gasteiger partial charge in [-0.2, -0.15) is 0 Å². The second-order valence-electron chi connectivity index (χ2n) is 6.66. The fourth-order valence-electron chi connectivity index (χ4n) is 2.99. The summed E-state index contributed by atoms with van der Waals surface area (Å²) in [5.74, 6) is 0.184. The third kappa shape index (κ3) is 3.69. The molecule has 0 bridgehead atoms. The van der Waals surface area contributed by atoms with Crippen molar-refractivity contribution in [3.8, 4) is 0 Å². The SMILES string of the molecule is CC(C)c1ccc(NC(=O)c2ccc3c(c2)N(S(C)(=O)=O)CC3)cc1. The molecule has 0 unspecified atom stereocenters. The number of amides is 1. The Labute approximate surface area is 148 Å². The van der Waals surface area contributed by atoms with E-state index in [0.717, 1.165) is 11.3 Å². The zero-order chi connectivity index (χ0) is 18.2. The van der Waals surface area contributed by atoms with Crippen molar-refractivity contribution in [2.75, 3.05) is 22.4 Å². The Morgan fingerprint density at radius 2 is 1.80 bits per heavy atom. The summed E-state index contributed by atoms with van der Waals surface area (Å²) in [6.07, 6.45) is 1.85. The first kappa shape index (κ1) is 17.5. The lowest BCUT2D eigenvalue weighted by atomic mass is 10.0. The molecular formula is C19H22N2O3S. The number of carbonyl (C=O) groups excluding carboxylic acids is 1. The molecule has 0 aliphatic carbocycles. The molecule has 1 heterocycles. The summed E-state index contributed by atoms with van der Waals surface area (Å²) < 4.78 is 25.1.